The molecule has 0 unspecified atom stereocenters. The Hall–Kier alpha value is -1.52. The fourth-order valence-electron chi connectivity index (χ4n) is 2.76. The molecule has 5 nitrogen and oxygen atoms in total. The summed E-state index contributed by atoms with van der Waals surface area (Å²) >= 11 is 0. The molecule has 22 heavy (non-hydrogen) atoms. The van der Waals surface area contributed by atoms with Gasteiger partial charge in [0.05, 0.1) is 11.2 Å². The Morgan fingerprint density at radius 2 is 1.77 bits per heavy atom. The van der Waals surface area contributed by atoms with Crippen LogP contribution < -0.4 is 10.6 Å². The molecule has 1 saturated carbocycles. The number of aromatic nitrogens is 2. The predicted octanol–water partition coefficient (Wildman–Crippen LogP) is 4.00. The third-order valence-corrected chi connectivity index (χ3v) is 4.05. The van der Waals surface area contributed by atoms with E-state index in [9.17, 15) is 4.79 Å². The first kappa shape index (κ1) is 16.8. The fourth-order valence-corrected chi connectivity index (χ4v) is 2.76. The number of nitrogens with one attached hydrogen (secondary N) is 2. The van der Waals surface area contributed by atoms with Crippen molar-refractivity contribution in [3.8, 4) is 0 Å². The van der Waals surface area contributed by atoms with Crippen LogP contribution in [0.5, 0.6) is 0 Å². The van der Waals surface area contributed by atoms with Gasteiger partial charge < -0.3 is 5.32 Å². The number of amides is 2. The van der Waals surface area contributed by atoms with E-state index in [1.54, 1.807) is 0 Å². The van der Waals surface area contributed by atoms with E-state index in [2.05, 4.69) is 52.2 Å². The van der Waals surface area contributed by atoms with Crippen molar-refractivity contribution >= 4 is 11.8 Å². The second-order valence-corrected chi connectivity index (χ2v) is 8.33. The molecule has 1 aliphatic rings. The molecule has 0 spiro atoms. The molecule has 1 aromatic heterocycles. The van der Waals surface area contributed by atoms with Crippen LogP contribution in [-0.4, -0.2) is 21.9 Å². The average molecular weight is 306 g/mol. The molecule has 124 valence electrons. The molecule has 1 heterocycles. The highest BCUT2D eigenvalue weighted by atomic mass is 16.2. The number of carbonyl (C=O) groups is 1. The largest absolute Gasteiger partial charge is 0.335 e. The molecule has 0 radical (unpaired) electrons. The minimum atomic E-state index is -0.181. The number of rotatable bonds is 2. The summed E-state index contributed by atoms with van der Waals surface area (Å²) in [5.41, 5.74) is 0.757. The first-order valence-electron chi connectivity index (χ1n) is 8.26. The normalized spacial score (nSPS) is 16.8. The molecule has 2 amide bonds. The Balaban J connectivity index is 2.17. The van der Waals surface area contributed by atoms with Crippen molar-refractivity contribution in [3.05, 3.63) is 11.8 Å². The standard InChI is InChI=1S/C17H30N4O/c1-16(2,3)13-11-14(21(20-13)17(4,5)6)19-15(22)18-12-9-7-8-10-12/h11-12H,7-10H2,1-6H3,(H2,18,19,22). The van der Waals surface area contributed by atoms with E-state index in [0.717, 1.165) is 24.4 Å². The molecule has 5 heteroatoms. The van der Waals surface area contributed by atoms with Crippen LogP contribution in [0.2, 0.25) is 0 Å². The molecule has 1 aliphatic carbocycles. The average Bonchev–Trinajstić information content (AvgIpc) is 2.95. The lowest BCUT2D eigenvalue weighted by Gasteiger charge is -2.23. The maximum Gasteiger partial charge on any atom is 0.320 e. The van der Waals surface area contributed by atoms with Gasteiger partial charge in [-0.05, 0) is 33.6 Å². The summed E-state index contributed by atoms with van der Waals surface area (Å²) in [4.78, 5) is 12.2. The number of anilines is 1. The van der Waals surface area contributed by atoms with E-state index in [4.69, 9.17) is 5.10 Å². The monoisotopic (exact) mass is 306 g/mol. The maximum atomic E-state index is 12.2. The van der Waals surface area contributed by atoms with E-state index < -0.39 is 0 Å². The van der Waals surface area contributed by atoms with Crippen LogP contribution in [0.15, 0.2) is 6.07 Å². The highest BCUT2D eigenvalue weighted by Gasteiger charge is 2.26. The van der Waals surface area contributed by atoms with Gasteiger partial charge in [-0.15, -0.1) is 0 Å². The quantitative estimate of drug-likeness (QED) is 0.867. The topological polar surface area (TPSA) is 59.0 Å². The van der Waals surface area contributed by atoms with Gasteiger partial charge in [0.1, 0.15) is 5.82 Å². The summed E-state index contributed by atoms with van der Waals surface area (Å²) in [6.07, 6.45) is 4.58. The van der Waals surface area contributed by atoms with Crippen molar-refractivity contribution in [2.24, 2.45) is 0 Å². The predicted molar refractivity (Wildman–Crippen MR) is 90.3 cm³/mol. The van der Waals surface area contributed by atoms with E-state index in [0.29, 0.717) is 6.04 Å². The Morgan fingerprint density at radius 3 is 2.27 bits per heavy atom. The number of hydrogen-bond acceptors (Lipinski definition) is 2. The van der Waals surface area contributed by atoms with Gasteiger partial charge in [0.15, 0.2) is 0 Å². The van der Waals surface area contributed by atoms with Crippen LogP contribution in [0.4, 0.5) is 10.6 Å². The lowest BCUT2D eigenvalue weighted by Crippen LogP contribution is -2.37. The van der Waals surface area contributed by atoms with Crippen molar-refractivity contribution < 1.29 is 4.79 Å². The zero-order valence-corrected chi connectivity index (χ0v) is 14.8. The number of nitrogens with zero attached hydrogens (tertiary/aromatic N) is 2. The summed E-state index contributed by atoms with van der Waals surface area (Å²) in [6.45, 7) is 12.7. The van der Waals surface area contributed by atoms with Crippen molar-refractivity contribution in [3.63, 3.8) is 0 Å². The van der Waals surface area contributed by atoms with Crippen LogP contribution in [0.1, 0.15) is 72.9 Å². The highest BCUT2D eigenvalue weighted by Crippen LogP contribution is 2.28. The summed E-state index contributed by atoms with van der Waals surface area (Å²) in [7, 11) is 0. The zero-order chi connectivity index (χ0) is 16.5. The number of carbonyl (C=O) groups excluding carboxylic acids is 1. The van der Waals surface area contributed by atoms with Gasteiger partial charge in [-0.3, -0.25) is 5.32 Å². The first-order chi connectivity index (χ1) is 10.1. The van der Waals surface area contributed by atoms with E-state index in [1.807, 2.05) is 10.7 Å². The van der Waals surface area contributed by atoms with Gasteiger partial charge in [-0.25, -0.2) is 9.48 Å². The van der Waals surface area contributed by atoms with Gasteiger partial charge in [0, 0.05) is 17.5 Å². The molecular weight excluding hydrogens is 276 g/mol. The molecule has 1 aromatic rings. The third kappa shape index (κ3) is 4.02. The summed E-state index contributed by atoms with van der Waals surface area (Å²) < 4.78 is 1.90. The fraction of sp³-hybridized carbons (Fsp3) is 0.765. The van der Waals surface area contributed by atoms with Crippen molar-refractivity contribution in [2.45, 2.75) is 84.2 Å². The molecule has 0 aliphatic heterocycles. The van der Waals surface area contributed by atoms with E-state index in [-0.39, 0.29) is 17.0 Å². The molecule has 0 aromatic carbocycles. The third-order valence-electron chi connectivity index (χ3n) is 4.05. The van der Waals surface area contributed by atoms with Crippen LogP contribution >= 0.6 is 0 Å². The minimum absolute atomic E-state index is 0.0468. The van der Waals surface area contributed by atoms with Crippen LogP contribution in [0.25, 0.3) is 0 Å². The molecule has 0 bridgehead atoms. The second kappa shape index (κ2) is 5.94. The van der Waals surface area contributed by atoms with Crippen molar-refractivity contribution in [1.29, 1.82) is 0 Å². The number of urea groups is 1. The van der Waals surface area contributed by atoms with Crippen molar-refractivity contribution in [2.75, 3.05) is 5.32 Å². The van der Waals surface area contributed by atoms with Gasteiger partial charge in [0.2, 0.25) is 0 Å². The van der Waals surface area contributed by atoms with Crippen molar-refractivity contribution in [1.82, 2.24) is 15.1 Å². The van der Waals surface area contributed by atoms with Crippen LogP contribution in [0.3, 0.4) is 0 Å². The summed E-state index contributed by atoms with van der Waals surface area (Å²) in [5.74, 6) is 0.757. The lowest BCUT2D eigenvalue weighted by molar-refractivity contribution is 0.248. The van der Waals surface area contributed by atoms with E-state index >= 15 is 0 Å². The Morgan fingerprint density at radius 1 is 1.18 bits per heavy atom. The van der Waals surface area contributed by atoms with Crippen LogP contribution in [-0.2, 0) is 11.0 Å². The van der Waals surface area contributed by atoms with E-state index in [1.165, 1.54) is 12.8 Å². The molecule has 0 atom stereocenters. The summed E-state index contributed by atoms with van der Waals surface area (Å²) in [6, 6.07) is 2.17. The summed E-state index contributed by atoms with van der Waals surface area (Å²) in [5, 5.41) is 10.8. The molecule has 0 saturated heterocycles. The molecule has 1 fully saturated rings. The van der Waals surface area contributed by atoms with Crippen LogP contribution in [0, 0.1) is 0 Å². The molecule has 2 rings (SSSR count). The Kier molecular flexibility index (Phi) is 4.54. The highest BCUT2D eigenvalue weighted by molar-refractivity contribution is 5.88. The SMILES string of the molecule is CC(C)(C)c1cc(NC(=O)NC2CCCC2)n(C(C)(C)C)n1. The minimum Gasteiger partial charge on any atom is -0.335 e. The number of hydrogen-bond donors (Lipinski definition) is 2. The van der Waals surface area contributed by atoms with Gasteiger partial charge in [-0.1, -0.05) is 33.6 Å². The van der Waals surface area contributed by atoms with Gasteiger partial charge in [0.25, 0.3) is 0 Å². The lowest BCUT2D eigenvalue weighted by atomic mass is 9.92. The Labute approximate surface area is 133 Å². The van der Waals surface area contributed by atoms with Gasteiger partial charge >= 0.3 is 6.03 Å². The van der Waals surface area contributed by atoms with Gasteiger partial charge in [-0.2, -0.15) is 5.10 Å². The second-order valence-electron chi connectivity index (χ2n) is 8.33. The Bertz CT molecular complexity index is 528. The molecular formula is C17H30N4O. The first-order valence-corrected chi connectivity index (χ1v) is 8.26. The smallest absolute Gasteiger partial charge is 0.320 e. The zero-order valence-electron chi connectivity index (χ0n) is 14.8. The molecule has 2 N–H and O–H groups in total. The maximum absolute atomic E-state index is 12.2.